The molecular formula is C21H19BrN2O3. The maximum absolute atomic E-state index is 12.0. The molecule has 0 saturated heterocycles. The molecule has 2 N–H and O–H groups in total. The van der Waals surface area contributed by atoms with Gasteiger partial charge in [-0.05, 0) is 53.9 Å². The summed E-state index contributed by atoms with van der Waals surface area (Å²) < 4.78 is 6.07. The summed E-state index contributed by atoms with van der Waals surface area (Å²) in [6, 6.07) is 18.5. The van der Waals surface area contributed by atoms with Gasteiger partial charge in [0.1, 0.15) is 0 Å². The molecule has 3 aromatic rings. The van der Waals surface area contributed by atoms with Gasteiger partial charge in [0.15, 0.2) is 5.76 Å². The van der Waals surface area contributed by atoms with E-state index < -0.39 is 0 Å². The van der Waals surface area contributed by atoms with E-state index >= 15 is 0 Å². The van der Waals surface area contributed by atoms with Gasteiger partial charge in [0.2, 0.25) is 5.91 Å². The smallest absolute Gasteiger partial charge is 0.291 e. The van der Waals surface area contributed by atoms with Crippen molar-refractivity contribution in [2.24, 2.45) is 0 Å². The highest BCUT2D eigenvalue weighted by atomic mass is 79.9. The topological polar surface area (TPSA) is 71.3 Å². The van der Waals surface area contributed by atoms with Gasteiger partial charge in [-0.25, -0.2) is 0 Å². The quantitative estimate of drug-likeness (QED) is 0.582. The predicted molar refractivity (Wildman–Crippen MR) is 107 cm³/mol. The minimum absolute atomic E-state index is 0.00479. The van der Waals surface area contributed by atoms with Crippen molar-refractivity contribution in [1.82, 2.24) is 5.32 Å². The first kappa shape index (κ1) is 18.9. The molecule has 2 aromatic carbocycles. The van der Waals surface area contributed by atoms with Crippen molar-refractivity contribution in [3.05, 3.63) is 88.3 Å². The second kappa shape index (κ2) is 9.19. The van der Waals surface area contributed by atoms with Crippen molar-refractivity contribution >= 4 is 33.4 Å². The number of nitrogens with one attached hydrogen (secondary N) is 2. The highest BCUT2D eigenvalue weighted by Crippen LogP contribution is 2.14. The third kappa shape index (κ3) is 5.82. The van der Waals surface area contributed by atoms with Crippen LogP contribution in [0.15, 0.2) is 75.8 Å². The van der Waals surface area contributed by atoms with Crippen LogP contribution in [0.5, 0.6) is 0 Å². The monoisotopic (exact) mass is 426 g/mol. The molecule has 0 saturated carbocycles. The average Bonchev–Trinajstić information content (AvgIpc) is 3.21. The number of halogens is 1. The number of benzene rings is 2. The number of amides is 2. The number of hydrogen-bond acceptors (Lipinski definition) is 3. The number of furan rings is 1. The molecule has 0 atom stereocenters. The molecule has 0 aliphatic rings. The summed E-state index contributed by atoms with van der Waals surface area (Å²) >= 11 is 3.43. The van der Waals surface area contributed by atoms with Crippen LogP contribution in [0, 0.1) is 0 Å². The third-order valence-electron chi connectivity index (χ3n) is 3.98. The molecule has 2 amide bonds. The SMILES string of the molecule is O=C(CCc1cccc(Br)c1)NCc1ccc(NC(=O)c2ccco2)cc1. The van der Waals surface area contributed by atoms with E-state index in [0.29, 0.717) is 25.1 Å². The van der Waals surface area contributed by atoms with Crippen molar-refractivity contribution in [2.75, 3.05) is 5.32 Å². The Hall–Kier alpha value is -2.86. The first-order valence-electron chi connectivity index (χ1n) is 8.55. The van der Waals surface area contributed by atoms with Gasteiger partial charge in [-0.1, -0.05) is 40.2 Å². The van der Waals surface area contributed by atoms with E-state index in [1.165, 1.54) is 6.26 Å². The molecule has 0 aliphatic carbocycles. The highest BCUT2D eigenvalue weighted by Gasteiger charge is 2.08. The molecule has 5 nitrogen and oxygen atoms in total. The Balaban J connectivity index is 1.44. The molecule has 0 spiro atoms. The van der Waals surface area contributed by atoms with E-state index in [9.17, 15) is 9.59 Å². The fourth-order valence-corrected chi connectivity index (χ4v) is 2.99. The van der Waals surface area contributed by atoms with Crippen molar-refractivity contribution < 1.29 is 14.0 Å². The highest BCUT2D eigenvalue weighted by molar-refractivity contribution is 9.10. The van der Waals surface area contributed by atoms with Crippen molar-refractivity contribution in [3.63, 3.8) is 0 Å². The van der Waals surface area contributed by atoms with Gasteiger partial charge in [0, 0.05) is 23.1 Å². The maximum Gasteiger partial charge on any atom is 0.291 e. The summed E-state index contributed by atoms with van der Waals surface area (Å²) in [5.41, 5.74) is 2.75. The van der Waals surface area contributed by atoms with E-state index in [4.69, 9.17) is 4.42 Å². The summed E-state index contributed by atoms with van der Waals surface area (Å²) in [4.78, 5) is 23.9. The van der Waals surface area contributed by atoms with Gasteiger partial charge in [-0.3, -0.25) is 9.59 Å². The Morgan fingerprint density at radius 3 is 2.48 bits per heavy atom. The van der Waals surface area contributed by atoms with Crippen molar-refractivity contribution in [3.8, 4) is 0 Å². The first-order valence-corrected chi connectivity index (χ1v) is 9.34. The predicted octanol–water partition coefficient (Wildman–Crippen LogP) is 4.54. The van der Waals surface area contributed by atoms with E-state index in [-0.39, 0.29) is 17.6 Å². The largest absolute Gasteiger partial charge is 0.459 e. The minimum atomic E-state index is -0.298. The lowest BCUT2D eigenvalue weighted by atomic mass is 10.1. The maximum atomic E-state index is 12.0. The number of rotatable bonds is 7. The van der Waals surface area contributed by atoms with Crippen LogP contribution in [-0.4, -0.2) is 11.8 Å². The van der Waals surface area contributed by atoms with Gasteiger partial charge in [0.05, 0.1) is 6.26 Å². The second-order valence-electron chi connectivity index (χ2n) is 6.03. The van der Waals surface area contributed by atoms with E-state index in [2.05, 4.69) is 26.6 Å². The van der Waals surface area contributed by atoms with Gasteiger partial charge in [0.25, 0.3) is 5.91 Å². The first-order chi connectivity index (χ1) is 13.1. The zero-order valence-electron chi connectivity index (χ0n) is 14.6. The molecule has 138 valence electrons. The molecule has 0 radical (unpaired) electrons. The molecule has 1 aromatic heterocycles. The Labute approximate surface area is 165 Å². The molecule has 0 unspecified atom stereocenters. The second-order valence-corrected chi connectivity index (χ2v) is 6.95. The molecule has 0 bridgehead atoms. The van der Waals surface area contributed by atoms with Gasteiger partial charge < -0.3 is 15.1 Å². The number of carbonyl (C=O) groups excluding carboxylic acids is 2. The summed E-state index contributed by atoms with van der Waals surface area (Å²) in [6.45, 7) is 0.448. The van der Waals surface area contributed by atoms with Crippen molar-refractivity contribution in [1.29, 1.82) is 0 Å². The van der Waals surface area contributed by atoms with Crippen LogP contribution >= 0.6 is 15.9 Å². The van der Waals surface area contributed by atoms with E-state index in [1.807, 2.05) is 36.4 Å². The Morgan fingerprint density at radius 2 is 1.78 bits per heavy atom. The summed E-state index contributed by atoms with van der Waals surface area (Å²) in [5.74, 6) is -0.0319. The lowest BCUT2D eigenvalue weighted by Gasteiger charge is -2.08. The lowest BCUT2D eigenvalue weighted by Crippen LogP contribution is -2.23. The molecule has 0 aliphatic heterocycles. The van der Waals surface area contributed by atoms with Crippen molar-refractivity contribution in [2.45, 2.75) is 19.4 Å². The summed E-state index contributed by atoms with van der Waals surface area (Å²) in [7, 11) is 0. The van der Waals surface area contributed by atoms with Crippen LogP contribution in [0.1, 0.15) is 28.1 Å². The van der Waals surface area contributed by atoms with Crippen LogP contribution in [0.25, 0.3) is 0 Å². The van der Waals surface area contributed by atoms with Gasteiger partial charge in [-0.15, -0.1) is 0 Å². The van der Waals surface area contributed by atoms with Gasteiger partial charge in [-0.2, -0.15) is 0 Å². The summed E-state index contributed by atoms with van der Waals surface area (Å²) in [6.07, 6.45) is 2.59. The van der Waals surface area contributed by atoms with Crippen LogP contribution in [-0.2, 0) is 17.8 Å². The third-order valence-corrected chi connectivity index (χ3v) is 4.47. The molecule has 1 heterocycles. The van der Waals surface area contributed by atoms with Crippen LogP contribution in [0.2, 0.25) is 0 Å². The molecular weight excluding hydrogens is 408 g/mol. The van der Waals surface area contributed by atoms with Gasteiger partial charge >= 0.3 is 0 Å². The zero-order valence-corrected chi connectivity index (χ0v) is 16.2. The Morgan fingerprint density at radius 1 is 0.963 bits per heavy atom. The van der Waals surface area contributed by atoms with Crippen LogP contribution in [0.4, 0.5) is 5.69 Å². The number of hydrogen-bond donors (Lipinski definition) is 2. The molecule has 0 fully saturated rings. The lowest BCUT2D eigenvalue weighted by molar-refractivity contribution is -0.121. The fourth-order valence-electron chi connectivity index (χ4n) is 2.55. The zero-order chi connectivity index (χ0) is 19.1. The standard InChI is InChI=1S/C21H19BrN2O3/c22-17-4-1-3-15(13-17)8-11-20(25)23-14-16-6-9-18(10-7-16)24-21(26)19-5-2-12-27-19/h1-7,9-10,12-13H,8,11,14H2,(H,23,25)(H,24,26). The Kier molecular flexibility index (Phi) is 6.44. The average molecular weight is 427 g/mol. The van der Waals surface area contributed by atoms with Crippen LogP contribution in [0.3, 0.4) is 0 Å². The number of aryl methyl sites for hydroxylation is 1. The van der Waals surface area contributed by atoms with E-state index in [1.54, 1.807) is 24.3 Å². The Bertz CT molecular complexity index is 905. The molecule has 3 rings (SSSR count). The summed E-state index contributed by atoms with van der Waals surface area (Å²) in [5, 5.41) is 5.67. The van der Waals surface area contributed by atoms with Crippen LogP contribution < -0.4 is 10.6 Å². The number of anilines is 1. The molecule has 27 heavy (non-hydrogen) atoms. The number of carbonyl (C=O) groups is 2. The minimum Gasteiger partial charge on any atom is -0.459 e. The normalized spacial score (nSPS) is 10.4. The fraction of sp³-hybridized carbons (Fsp3) is 0.143. The van der Waals surface area contributed by atoms with E-state index in [0.717, 1.165) is 15.6 Å². The molecule has 6 heteroatoms.